The lowest BCUT2D eigenvalue weighted by Gasteiger charge is -2.09. The Labute approximate surface area is 122 Å². The zero-order valence-corrected chi connectivity index (χ0v) is 12.1. The minimum absolute atomic E-state index is 0.0143. The zero-order chi connectivity index (χ0) is 15.2. The Bertz CT molecular complexity index is 624. The quantitative estimate of drug-likeness (QED) is 0.625. The van der Waals surface area contributed by atoms with Crippen LogP contribution in [0, 0.1) is 10.1 Å². The van der Waals surface area contributed by atoms with Gasteiger partial charge in [-0.05, 0) is 6.92 Å². The molecule has 0 atom stereocenters. The highest BCUT2D eigenvalue weighted by Gasteiger charge is 2.10. The van der Waals surface area contributed by atoms with Gasteiger partial charge in [0.05, 0.1) is 17.6 Å². The molecule has 0 amide bonds. The van der Waals surface area contributed by atoms with Gasteiger partial charge in [-0.15, -0.1) is 0 Å². The molecule has 0 aliphatic rings. The lowest BCUT2D eigenvalue weighted by atomic mass is 10.2. The van der Waals surface area contributed by atoms with Crippen molar-refractivity contribution in [3.05, 3.63) is 46.5 Å². The second-order valence-electron chi connectivity index (χ2n) is 4.54. The Morgan fingerprint density at radius 2 is 2.24 bits per heavy atom. The molecule has 7 nitrogen and oxygen atoms in total. The fourth-order valence-corrected chi connectivity index (χ4v) is 2.00. The number of nitrogens with one attached hydrogen (secondary N) is 1. The van der Waals surface area contributed by atoms with Crippen molar-refractivity contribution < 1.29 is 9.66 Å². The number of benzene rings is 1. The minimum Gasteiger partial charge on any atom is -0.494 e. The maximum Gasteiger partial charge on any atom is 0.275 e. The summed E-state index contributed by atoms with van der Waals surface area (Å²) in [4.78, 5) is 14.7. The Balaban J connectivity index is 2.04. The van der Waals surface area contributed by atoms with Crippen molar-refractivity contribution in [1.29, 1.82) is 0 Å². The van der Waals surface area contributed by atoms with Gasteiger partial charge in [-0.2, -0.15) is 0 Å². The average Bonchev–Trinajstić information content (AvgIpc) is 2.84. The molecular formula is C14H18N4O3. The zero-order valence-electron chi connectivity index (χ0n) is 12.1. The van der Waals surface area contributed by atoms with Crippen molar-refractivity contribution in [3.63, 3.8) is 0 Å². The number of nitro groups is 1. The first-order valence-corrected chi connectivity index (χ1v) is 6.72. The smallest absolute Gasteiger partial charge is 0.275 e. The Kier molecular flexibility index (Phi) is 4.76. The first-order chi connectivity index (χ1) is 10.1. The van der Waals surface area contributed by atoms with Crippen LogP contribution in [0.2, 0.25) is 0 Å². The molecule has 1 aromatic heterocycles. The molecule has 0 aliphatic heterocycles. The summed E-state index contributed by atoms with van der Waals surface area (Å²) in [5.74, 6) is 1.45. The van der Waals surface area contributed by atoms with Gasteiger partial charge in [0, 0.05) is 50.2 Å². The number of rotatable bonds is 7. The third-order valence-corrected chi connectivity index (χ3v) is 3.01. The summed E-state index contributed by atoms with van der Waals surface area (Å²) in [6.07, 6.45) is 4.36. The van der Waals surface area contributed by atoms with Crippen LogP contribution in [-0.2, 0) is 13.5 Å². The molecule has 7 heteroatoms. The van der Waals surface area contributed by atoms with E-state index in [4.69, 9.17) is 4.74 Å². The SMILES string of the molecule is CCOc1cc(NCCc2nccn2C)cc([N+](=O)[O-])c1. The Morgan fingerprint density at radius 3 is 2.86 bits per heavy atom. The number of hydrogen-bond acceptors (Lipinski definition) is 5. The van der Waals surface area contributed by atoms with E-state index in [0.29, 0.717) is 24.6 Å². The van der Waals surface area contributed by atoms with E-state index in [9.17, 15) is 10.1 Å². The van der Waals surface area contributed by atoms with Gasteiger partial charge < -0.3 is 14.6 Å². The van der Waals surface area contributed by atoms with Crippen LogP contribution in [0.15, 0.2) is 30.6 Å². The third kappa shape index (κ3) is 3.95. The standard InChI is InChI=1S/C14H18N4O3/c1-3-21-13-9-11(8-12(10-13)18(19)20)15-5-4-14-16-6-7-17(14)2/h6-10,15H,3-5H2,1-2H3. The minimum atomic E-state index is -0.424. The first kappa shape index (κ1) is 14.8. The highest BCUT2D eigenvalue weighted by Crippen LogP contribution is 2.26. The summed E-state index contributed by atoms with van der Waals surface area (Å²) in [7, 11) is 1.93. The van der Waals surface area contributed by atoms with Crippen LogP contribution in [0.4, 0.5) is 11.4 Å². The molecule has 2 aromatic rings. The van der Waals surface area contributed by atoms with Gasteiger partial charge in [0.2, 0.25) is 0 Å². The number of ether oxygens (including phenoxy) is 1. The van der Waals surface area contributed by atoms with E-state index in [-0.39, 0.29) is 5.69 Å². The fraction of sp³-hybridized carbons (Fsp3) is 0.357. The van der Waals surface area contributed by atoms with Crippen LogP contribution in [0.5, 0.6) is 5.75 Å². The van der Waals surface area contributed by atoms with E-state index < -0.39 is 4.92 Å². The van der Waals surface area contributed by atoms with E-state index >= 15 is 0 Å². The second-order valence-corrected chi connectivity index (χ2v) is 4.54. The number of hydrogen-bond donors (Lipinski definition) is 1. The summed E-state index contributed by atoms with van der Waals surface area (Å²) in [5, 5.41) is 14.1. The van der Waals surface area contributed by atoms with Crippen molar-refractivity contribution in [2.45, 2.75) is 13.3 Å². The lowest BCUT2D eigenvalue weighted by molar-refractivity contribution is -0.384. The molecule has 1 heterocycles. The van der Waals surface area contributed by atoms with Gasteiger partial charge in [0.25, 0.3) is 5.69 Å². The number of aromatic nitrogens is 2. The second kappa shape index (κ2) is 6.74. The largest absolute Gasteiger partial charge is 0.494 e. The van der Waals surface area contributed by atoms with Crippen molar-refractivity contribution in [2.24, 2.45) is 7.05 Å². The van der Waals surface area contributed by atoms with Crippen molar-refractivity contribution in [3.8, 4) is 5.75 Å². The van der Waals surface area contributed by atoms with Crippen molar-refractivity contribution in [1.82, 2.24) is 9.55 Å². The van der Waals surface area contributed by atoms with Crippen LogP contribution in [0.1, 0.15) is 12.7 Å². The monoisotopic (exact) mass is 290 g/mol. The highest BCUT2D eigenvalue weighted by molar-refractivity contribution is 5.56. The first-order valence-electron chi connectivity index (χ1n) is 6.72. The molecule has 0 aliphatic carbocycles. The molecule has 0 unspecified atom stereocenters. The number of anilines is 1. The maximum absolute atomic E-state index is 10.9. The van der Waals surface area contributed by atoms with Crippen LogP contribution >= 0.6 is 0 Å². The van der Waals surface area contributed by atoms with E-state index in [2.05, 4.69) is 10.3 Å². The van der Waals surface area contributed by atoms with E-state index in [0.717, 1.165) is 12.2 Å². The van der Waals surface area contributed by atoms with Gasteiger partial charge >= 0.3 is 0 Å². The lowest BCUT2D eigenvalue weighted by Crippen LogP contribution is -2.09. The number of imidazole rings is 1. The van der Waals surface area contributed by atoms with Crippen LogP contribution < -0.4 is 10.1 Å². The summed E-state index contributed by atoms with van der Waals surface area (Å²) >= 11 is 0. The number of nitrogens with zero attached hydrogens (tertiary/aromatic N) is 3. The number of aryl methyl sites for hydroxylation is 1. The van der Waals surface area contributed by atoms with Crippen LogP contribution in [-0.4, -0.2) is 27.6 Å². The van der Waals surface area contributed by atoms with Gasteiger partial charge in [0.15, 0.2) is 0 Å². The van der Waals surface area contributed by atoms with Crippen molar-refractivity contribution in [2.75, 3.05) is 18.5 Å². The van der Waals surface area contributed by atoms with Gasteiger partial charge in [0.1, 0.15) is 11.6 Å². The topological polar surface area (TPSA) is 82.2 Å². The van der Waals surface area contributed by atoms with Crippen molar-refractivity contribution >= 4 is 11.4 Å². The predicted octanol–water partition coefficient (Wildman–Crippen LogP) is 2.38. The number of nitro benzene ring substituents is 1. The molecule has 0 saturated carbocycles. The third-order valence-electron chi connectivity index (χ3n) is 3.01. The van der Waals surface area contributed by atoms with Gasteiger partial charge in [-0.25, -0.2) is 4.98 Å². The predicted molar refractivity (Wildman–Crippen MR) is 79.7 cm³/mol. The van der Waals surface area contributed by atoms with Gasteiger partial charge in [-0.3, -0.25) is 10.1 Å². The molecule has 0 radical (unpaired) electrons. The van der Waals surface area contributed by atoms with Crippen LogP contribution in [0.3, 0.4) is 0 Å². The molecule has 1 aromatic carbocycles. The Hall–Kier alpha value is -2.57. The maximum atomic E-state index is 10.9. The van der Waals surface area contributed by atoms with E-state index in [1.54, 1.807) is 12.3 Å². The van der Waals surface area contributed by atoms with E-state index in [1.165, 1.54) is 12.1 Å². The summed E-state index contributed by atoms with van der Waals surface area (Å²) in [6, 6.07) is 4.68. The van der Waals surface area contributed by atoms with Crippen LogP contribution in [0.25, 0.3) is 0 Å². The van der Waals surface area contributed by atoms with Gasteiger partial charge in [-0.1, -0.05) is 0 Å². The molecule has 0 saturated heterocycles. The summed E-state index contributed by atoms with van der Waals surface area (Å²) in [6.45, 7) is 2.94. The average molecular weight is 290 g/mol. The molecular weight excluding hydrogens is 272 g/mol. The highest BCUT2D eigenvalue weighted by atomic mass is 16.6. The van der Waals surface area contributed by atoms with E-state index in [1.807, 2.05) is 24.7 Å². The summed E-state index contributed by atoms with van der Waals surface area (Å²) < 4.78 is 7.29. The normalized spacial score (nSPS) is 10.4. The molecule has 0 spiro atoms. The molecule has 112 valence electrons. The summed E-state index contributed by atoms with van der Waals surface area (Å²) in [5.41, 5.74) is 0.683. The molecule has 2 rings (SSSR count). The molecule has 21 heavy (non-hydrogen) atoms. The number of non-ortho nitro benzene ring substituents is 1. The molecule has 1 N–H and O–H groups in total. The molecule has 0 fully saturated rings. The Morgan fingerprint density at radius 1 is 1.43 bits per heavy atom. The fourth-order valence-electron chi connectivity index (χ4n) is 2.00. The molecule has 0 bridgehead atoms.